The SMILES string of the molecule is COc1ccc(OCCNC(=O)NS(=O)(=O)c2ccc(C)cc2)cc1. The first-order chi connectivity index (χ1) is 11.9. The molecule has 0 spiro atoms. The Morgan fingerprint density at radius 1 is 1.00 bits per heavy atom. The van der Waals surface area contributed by atoms with Crippen molar-refractivity contribution >= 4 is 16.1 Å². The van der Waals surface area contributed by atoms with Crippen molar-refractivity contribution < 1.29 is 22.7 Å². The topological polar surface area (TPSA) is 93.7 Å². The number of carbonyl (C=O) groups is 1. The number of carbonyl (C=O) groups excluding carboxylic acids is 1. The second kappa shape index (κ2) is 8.39. The molecule has 0 heterocycles. The van der Waals surface area contributed by atoms with Crippen molar-refractivity contribution in [3.63, 3.8) is 0 Å². The summed E-state index contributed by atoms with van der Waals surface area (Å²) in [6, 6.07) is 12.4. The summed E-state index contributed by atoms with van der Waals surface area (Å²) in [5.74, 6) is 1.33. The third-order valence-corrected chi connectivity index (χ3v) is 4.62. The van der Waals surface area contributed by atoms with Crippen molar-refractivity contribution in [2.75, 3.05) is 20.3 Å². The first kappa shape index (κ1) is 18.6. The molecule has 0 bridgehead atoms. The van der Waals surface area contributed by atoms with Crippen molar-refractivity contribution in [3.8, 4) is 11.5 Å². The molecule has 25 heavy (non-hydrogen) atoms. The Hall–Kier alpha value is -2.74. The molecule has 0 atom stereocenters. The molecule has 0 aliphatic heterocycles. The number of ether oxygens (including phenoxy) is 2. The van der Waals surface area contributed by atoms with Crippen molar-refractivity contribution in [1.29, 1.82) is 0 Å². The standard InChI is InChI=1S/C17H20N2O5S/c1-13-3-9-16(10-4-13)25(21,22)19-17(20)18-11-12-24-15-7-5-14(23-2)6-8-15/h3-10H,11-12H2,1-2H3,(H2,18,19,20). The Bertz CT molecular complexity index is 802. The van der Waals surface area contributed by atoms with Gasteiger partial charge in [-0.2, -0.15) is 0 Å². The van der Waals surface area contributed by atoms with Crippen LogP contribution in [0.4, 0.5) is 4.79 Å². The highest BCUT2D eigenvalue weighted by Crippen LogP contribution is 2.16. The number of hydrogen-bond acceptors (Lipinski definition) is 5. The van der Waals surface area contributed by atoms with Crippen LogP contribution in [0.2, 0.25) is 0 Å². The Balaban J connectivity index is 1.77. The number of methoxy groups -OCH3 is 1. The minimum Gasteiger partial charge on any atom is -0.497 e. The van der Waals surface area contributed by atoms with E-state index in [1.165, 1.54) is 12.1 Å². The molecule has 0 fully saturated rings. The molecule has 0 aromatic heterocycles. The first-order valence-electron chi connectivity index (χ1n) is 7.55. The summed E-state index contributed by atoms with van der Waals surface area (Å²) in [7, 11) is -2.32. The number of nitrogens with one attached hydrogen (secondary N) is 2. The minimum atomic E-state index is -3.89. The molecular formula is C17H20N2O5S. The highest BCUT2D eigenvalue weighted by atomic mass is 32.2. The van der Waals surface area contributed by atoms with Gasteiger partial charge in [-0.15, -0.1) is 0 Å². The Morgan fingerprint density at radius 3 is 2.20 bits per heavy atom. The van der Waals surface area contributed by atoms with Crippen LogP contribution in [-0.2, 0) is 10.0 Å². The highest BCUT2D eigenvalue weighted by Gasteiger charge is 2.16. The van der Waals surface area contributed by atoms with E-state index in [4.69, 9.17) is 9.47 Å². The zero-order valence-electron chi connectivity index (χ0n) is 14.0. The molecule has 0 aliphatic carbocycles. The maximum Gasteiger partial charge on any atom is 0.328 e. The lowest BCUT2D eigenvalue weighted by molar-refractivity contribution is 0.241. The second-order valence-corrected chi connectivity index (χ2v) is 6.88. The monoisotopic (exact) mass is 364 g/mol. The fraction of sp³-hybridized carbons (Fsp3) is 0.235. The molecule has 2 amide bonds. The van der Waals surface area contributed by atoms with Gasteiger partial charge in [0.2, 0.25) is 0 Å². The predicted molar refractivity (Wildman–Crippen MR) is 93.4 cm³/mol. The lowest BCUT2D eigenvalue weighted by Gasteiger charge is -2.10. The van der Waals surface area contributed by atoms with Crippen LogP contribution in [0.3, 0.4) is 0 Å². The van der Waals surface area contributed by atoms with Gasteiger partial charge in [-0.3, -0.25) is 0 Å². The van der Waals surface area contributed by atoms with Gasteiger partial charge < -0.3 is 14.8 Å². The maximum atomic E-state index is 12.1. The third-order valence-electron chi connectivity index (χ3n) is 3.27. The summed E-state index contributed by atoms with van der Waals surface area (Å²) < 4.78 is 36.5. The van der Waals surface area contributed by atoms with Crippen LogP contribution in [0.15, 0.2) is 53.4 Å². The molecule has 0 saturated heterocycles. The van der Waals surface area contributed by atoms with Crippen LogP contribution in [0.1, 0.15) is 5.56 Å². The van der Waals surface area contributed by atoms with E-state index in [-0.39, 0.29) is 18.0 Å². The quantitative estimate of drug-likeness (QED) is 0.734. The summed E-state index contributed by atoms with van der Waals surface area (Å²) in [6.07, 6.45) is 0. The molecule has 134 valence electrons. The highest BCUT2D eigenvalue weighted by molar-refractivity contribution is 7.90. The zero-order valence-corrected chi connectivity index (χ0v) is 14.8. The number of aryl methyl sites for hydroxylation is 1. The van der Waals surface area contributed by atoms with Gasteiger partial charge in [0.15, 0.2) is 0 Å². The molecule has 0 radical (unpaired) electrons. The van der Waals surface area contributed by atoms with Gasteiger partial charge >= 0.3 is 6.03 Å². The number of benzene rings is 2. The third kappa shape index (κ3) is 5.68. The summed E-state index contributed by atoms with van der Waals surface area (Å²) in [6.45, 7) is 2.20. The predicted octanol–water partition coefficient (Wildman–Crippen LogP) is 2.07. The van der Waals surface area contributed by atoms with Crippen LogP contribution < -0.4 is 19.5 Å². The van der Waals surface area contributed by atoms with Crippen LogP contribution in [-0.4, -0.2) is 34.7 Å². The van der Waals surface area contributed by atoms with Crippen molar-refractivity contribution in [3.05, 3.63) is 54.1 Å². The summed E-state index contributed by atoms with van der Waals surface area (Å²) in [5, 5.41) is 2.43. The van der Waals surface area contributed by atoms with E-state index in [0.717, 1.165) is 5.56 Å². The summed E-state index contributed by atoms with van der Waals surface area (Å²) >= 11 is 0. The van der Waals surface area contributed by atoms with E-state index >= 15 is 0 Å². The van der Waals surface area contributed by atoms with Crippen molar-refractivity contribution in [1.82, 2.24) is 10.0 Å². The Labute approximate surface area is 147 Å². The van der Waals surface area contributed by atoms with Gasteiger partial charge in [-0.05, 0) is 43.3 Å². The van der Waals surface area contributed by atoms with Crippen molar-refractivity contribution in [2.45, 2.75) is 11.8 Å². The number of sulfonamides is 1. The normalized spacial score (nSPS) is 10.8. The van der Waals surface area contributed by atoms with E-state index in [9.17, 15) is 13.2 Å². The largest absolute Gasteiger partial charge is 0.497 e. The van der Waals surface area contributed by atoms with Crippen LogP contribution in [0, 0.1) is 6.92 Å². The molecule has 8 heteroatoms. The van der Waals surface area contributed by atoms with Gasteiger partial charge in [0.25, 0.3) is 10.0 Å². The molecule has 0 saturated carbocycles. The van der Waals surface area contributed by atoms with Gasteiger partial charge in [0, 0.05) is 0 Å². The van der Waals surface area contributed by atoms with Gasteiger partial charge in [0.1, 0.15) is 18.1 Å². The Kier molecular flexibility index (Phi) is 6.24. The first-order valence-corrected chi connectivity index (χ1v) is 9.03. The molecule has 2 N–H and O–H groups in total. The lowest BCUT2D eigenvalue weighted by Crippen LogP contribution is -2.40. The smallest absolute Gasteiger partial charge is 0.328 e. The summed E-state index contributed by atoms with van der Waals surface area (Å²) in [4.78, 5) is 11.8. The number of amides is 2. The van der Waals surface area contributed by atoms with E-state index < -0.39 is 16.1 Å². The molecule has 2 aromatic rings. The van der Waals surface area contributed by atoms with Crippen molar-refractivity contribution in [2.24, 2.45) is 0 Å². The fourth-order valence-electron chi connectivity index (χ4n) is 1.94. The number of rotatable bonds is 7. The summed E-state index contributed by atoms with van der Waals surface area (Å²) in [5.41, 5.74) is 0.930. The molecule has 7 nitrogen and oxygen atoms in total. The maximum absolute atomic E-state index is 12.1. The second-order valence-electron chi connectivity index (χ2n) is 5.20. The van der Waals surface area contributed by atoms with Gasteiger partial charge in [-0.25, -0.2) is 17.9 Å². The van der Waals surface area contributed by atoms with Crippen LogP contribution >= 0.6 is 0 Å². The van der Waals surface area contributed by atoms with Crippen LogP contribution in [0.25, 0.3) is 0 Å². The lowest BCUT2D eigenvalue weighted by atomic mass is 10.2. The molecule has 0 aliphatic rings. The average Bonchev–Trinajstić information content (AvgIpc) is 2.59. The number of urea groups is 1. The van der Waals surface area contributed by atoms with E-state index in [1.54, 1.807) is 43.5 Å². The molecule has 2 aromatic carbocycles. The van der Waals surface area contributed by atoms with Gasteiger partial charge in [-0.1, -0.05) is 17.7 Å². The fourth-order valence-corrected chi connectivity index (χ4v) is 2.87. The number of hydrogen-bond donors (Lipinski definition) is 2. The van der Waals surface area contributed by atoms with E-state index in [2.05, 4.69) is 5.32 Å². The molecule has 2 rings (SSSR count). The molecular weight excluding hydrogens is 344 g/mol. The molecule has 0 unspecified atom stereocenters. The zero-order chi connectivity index (χ0) is 18.3. The van der Waals surface area contributed by atoms with Gasteiger partial charge in [0.05, 0.1) is 18.6 Å². The average molecular weight is 364 g/mol. The van der Waals surface area contributed by atoms with E-state index in [1.807, 2.05) is 11.6 Å². The minimum absolute atomic E-state index is 0.0303. The van der Waals surface area contributed by atoms with Crippen LogP contribution in [0.5, 0.6) is 11.5 Å². The van der Waals surface area contributed by atoms with E-state index in [0.29, 0.717) is 11.5 Å². The Morgan fingerprint density at radius 2 is 1.60 bits per heavy atom.